The number of hydrazine groups is 1. The quantitative estimate of drug-likeness (QED) is 0.811. The van der Waals surface area contributed by atoms with E-state index in [9.17, 15) is 4.79 Å². The molecule has 1 aliphatic rings. The van der Waals surface area contributed by atoms with Gasteiger partial charge in [-0.25, -0.2) is 5.01 Å². The number of rotatable bonds is 5. The maximum absolute atomic E-state index is 11.6. The second-order valence-corrected chi connectivity index (χ2v) is 4.33. The Morgan fingerprint density at radius 1 is 1.50 bits per heavy atom. The van der Waals surface area contributed by atoms with Gasteiger partial charge in [-0.3, -0.25) is 10.2 Å². The monoisotopic (exact) mass is 249 g/mol. The molecule has 0 radical (unpaired) electrons. The number of hydrogen-bond donors (Lipinski definition) is 2. The zero-order valence-electron chi connectivity index (χ0n) is 10.6. The lowest BCUT2D eigenvalue weighted by atomic mass is 10.0. The summed E-state index contributed by atoms with van der Waals surface area (Å²) in [7, 11) is 1.65. The van der Waals surface area contributed by atoms with Crippen LogP contribution < -0.4 is 15.9 Å². The van der Waals surface area contributed by atoms with Crippen LogP contribution >= 0.6 is 0 Å². The Bertz CT molecular complexity index is 422. The number of nitrogens with one attached hydrogen (secondary N) is 1. The molecule has 1 unspecified atom stereocenters. The lowest BCUT2D eigenvalue weighted by Gasteiger charge is -2.24. The first kappa shape index (κ1) is 12.9. The summed E-state index contributed by atoms with van der Waals surface area (Å²) in [4.78, 5) is 11.6. The third-order valence-electron chi connectivity index (χ3n) is 3.12. The van der Waals surface area contributed by atoms with Gasteiger partial charge >= 0.3 is 0 Å². The second-order valence-electron chi connectivity index (χ2n) is 4.33. The van der Waals surface area contributed by atoms with E-state index in [1.165, 1.54) is 0 Å². The van der Waals surface area contributed by atoms with Gasteiger partial charge in [0.1, 0.15) is 5.75 Å². The average Bonchev–Trinajstić information content (AvgIpc) is 2.77. The van der Waals surface area contributed by atoms with Gasteiger partial charge in [0.2, 0.25) is 5.91 Å². The van der Waals surface area contributed by atoms with Crippen LogP contribution in [0.25, 0.3) is 0 Å². The van der Waals surface area contributed by atoms with Crippen molar-refractivity contribution in [1.82, 2.24) is 10.4 Å². The van der Waals surface area contributed by atoms with E-state index >= 15 is 0 Å². The second kappa shape index (κ2) is 5.84. The van der Waals surface area contributed by atoms with E-state index in [0.29, 0.717) is 13.0 Å². The van der Waals surface area contributed by atoms with Gasteiger partial charge in [0, 0.05) is 18.5 Å². The van der Waals surface area contributed by atoms with Crippen LogP contribution in [0.2, 0.25) is 0 Å². The molecule has 1 heterocycles. The van der Waals surface area contributed by atoms with Crippen molar-refractivity contribution < 1.29 is 9.53 Å². The summed E-state index contributed by atoms with van der Waals surface area (Å²) < 4.78 is 5.36. The van der Waals surface area contributed by atoms with Crippen molar-refractivity contribution in [2.45, 2.75) is 18.9 Å². The van der Waals surface area contributed by atoms with E-state index in [-0.39, 0.29) is 11.9 Å². The van der Waals surface area contributed by atoms with Crippen LogP contribution in [0.4, 0.5) is 0 Å². The summed E-state index contributed by atoms with van der Waals surface area (Å²) in [6.45, 7) is 1.37. The predicted molar refractivity (Wildman–Crippen MR) is 68.9 cm³/mol. The predicted octanol–water partition coefficient (Wildman–Crippen LogP) is 0.822. The number of para-hydroxylation sites is 1. The van der Waals surface area contributed by atoms with E-state index in [4.69, 9.17) is 10.5 Å². The summed E-state index contributed by atoms with van der Waals surface area (Å²) in [5.41, 5.74) is 9.43. The van der Waals surface area contributed by atoms with Crippen LogP contribution in [0.1, 0.15) is 24.4 Å². The highest BCUT2D eigenvalue weighted by Gasteiger charge is 2.32. The molecule has 5 nitrogen and oxygen atoms in total. The highest BCUT2D eigenvalue weighted by molar-refractivity contribution is 5.78. The first-order valence-electron chi connectivity index (χ1n) is 6.15. The molecule has 0 aromatic heterocycles. The maximum atomic E-state index is 11.6. The molecule has 1 fully saturated rings. The van der Waals surface area contributed by atoms with Crippen LogP contribution in [0.5, 0.6) is 5.75 Å². The summed E-state index contributed by atoms with van der Waals surface area (Å²) >= 11 is 0. The lowest BCUT2D eigenvalue weighted by molar-refractivity contribution is -0.121. The highest BCUT2D eigenvalue weighted by Crippen LogP contribution is 2.33. The van der Waals surface area contributed by atoms with Crippen molar-refractivity contribution in [2.75, 3.05) is 20.2 Å². The van der Waals surface area contributed by atoms with Gasteiger partial charge in [-0.15, -0.1) is 0 Å². The molecule has 1 saturated heterocycles. The Morgan fingerprint density at radius 3 is 3.00 bits per heavy atom. The number of hydrogen-bond acceptors (Lipinski definition) is 4. The van der Waals surface area contributed by atoms with Gasteiger partial charge in [-0.2, -0.15) is 0 Å². The lowest BCUT2D eigenvalue weighted by Crippen LogP contribution is -2.36. The topological polar surface area (TPSA) is 67.6 Å². The normalized spacial score (nSPS) is 19.9. The molecule has 1 atom stereocenters. The van der Waals surface area contributed by atoms with Gasteiger partial charge in [0.05, 0.1) is 13.2 Å². The molecular weight excluding hydrogens is 230 g/mol. The van der Waals surface area contributed by atoms with Crippen molar-refractivity contribution in [3.05, 3.63) is 29.8 Å². The van der Waals surface area contributed by atoms with E-state index in [1.807, 2.05) is 29.3 Å². The van der Waals surface area contributed by atoms with Crippen molar-refractivity contribution in [3.8, 4) is 5.75 Å². The van der Waals surface area contributed by atoms with E-state index in [2.05, 4.69) is 5.43 Å². The Balaban J connectivity index is 2.21. The van der Waals surface area contributed by atoms with Crippen molar-refractivity contribution >= 4 is 5.91 Å². The van der Waals surface area contributed by atoms with Gasteiger partial charge in [-0.05, 0) is 19.0 Å². The molecule has 5 heteroatoms. The van der Waals surface area contributed by atoms with Crippen LogP contribution in [-0.2, 0) is 4.79 Å². The van der Waals surface area contributed by atoms with Crippen LogP contribution in [-0.4, -0.2) is 31.1 Å². The Morgan fingerprint density at radius 2 is 2.28 bits per heavy atom. The van der Waals surface area contributed by atoms with Gasteiger partial charge in [0.25, 0.3) is 0 Å². The third-order valence-corrected chi connectivity index (χ3v) is 3.12. The number of nitrogens with zero attached hydrogens (tertiary/aromatic N) is 1. The fourth-order valence-electron chi connectivity index (χ4n) is 2.26. The first-order chi connectivity index (χ1) is 8.76. The third kappa shape index (κ3) is 2.63. The molecule has 3 N–H and O–H groups in total. The zero-order valence-corrected chi connectivity index (χ0v) is 10.6. The Labute approximate surface area is 107 Å². The van der Waals surface area contributed by atoms with Crippen molar-refractivity contribution in [2.24, 2.45) is 5.73 Å². The highest BCUT2D eigenvalue weighted by atomic mass is 16.5. The van der Waals surface area contributed by atoms with Crippen molar-refractivity contribution in [3.63, 3.8) is 0 Å². The maximum Gasteiger partial charge on any atom is 0.236 e. The van der Waals surface area contributed by atoms with Gasteiger partial charge < -0.3 is 10.5 Å². The number of carbonyl (C=O) groups is 1. The number of carbonyl (C=O) groups excluding carboxylic acids is 1. The molecule has 0 saturated carbocycles. The molecule has 1 aliphatic heterocycles. The number of nitrogens with two attached hydrogens (primary N) is 1. The SMILES string of the molecule is COc1ccccc1C1CC(=O)NN1CCCN. The molecule has 0 aliphatic carbocycles. The van der Waals surface area contributed by atoms with Gasteiger partial charge in [0.15, 0.2) is 0 Å². The van der Waals surface area contributed by atoms with E-state index in [1.54, 1.807) is 7.11 Å². The minimum Gasteiger partial charge on any atom is -0.496 e. The Hall–Kier alpha value is -1.59. The van der Waals surface area contributed by atoms with Crippen LogP contribution in [0.3, 0.4) is 0 Å². The molecule has 1 aromatic rings. The van der Waals surface area contributed by atoms with Crippen LogP contribution in [0.15, 0.2) is 24.3 Å². The Kier molecular flexibility index (Phi) is 4.17. The van der Waals surface area contributed by atoms with Gasteiger partial charge in [-0.1, -0.05) is 18.2 Å². The number of benzene rings is 1. The number of ether oxygens (including phenoxy) is 1. The summed E-state index contributed by atoms with van der Waals surface area (Å²) in [6, 6.07) is 7.83. The minimum atomic E-state index is 0.0280. The fourth-order valence-corrected chi connectivity index (χ4v) is 2.26. The fraction of sp³-hybridized carbons (Fsp3) is 0.462. The largest absolute Gasteiger partial charge is 0.496 e. The molecular formula is C13H19N3O2. The molecule has 18 heavy (non-hydrogen) atoms. The average molecular weight is 249 g/mol. The molecule has 0 bridgehead atoms. The van der Waals surface area contributed by atoms with E-state index in [0.717, 1.165) is 24.3 Å². The summed E-state index contributed by atoms with van der Waals surface area (Å²) in [5, 5.41) is 1.95. The summed E-state index contributed by atoms with van der Waals surface area (Å²) in [5.74, 6) is 0.861. The summed E-state index contributed by atoms with van der Waals surface area (Å²) in [6.07, 6.45) is 1.32. The molecule has 0 spiro atoms. The molecule has 98 valence electrons. The zero-order chi connectivity index (χ0) is 13.0. The molecule has 1 aromatic carbocycles. The standard InChI is InChI=1S/C13H19N3O2/c1-18-12-6-3-2-5-10(12)11-9-13(17)15-16(11)8-4-7-14/h2-3,5-6,11H,4,7-9,14H2,1H3,(H,15,17). The van der Waals surface area contributed by atoms with Crippen LogP contribution in [0, 0.1) is 0 Å². The number of methoxy groups -OCH3 is 1. The first-order valence-corrected chi connectivity index (χ1v) is 6.15. The van der Waals surface area contributed by atoms with Crippen molar-refractivity contribution in [1.29, 1.82) is 0 Å². The molecule has 2 rings (SSSR count). The smallest absolute Gasteiger partial charge is 0.236 e. The number of amides is 1. The van der Waals surface area contributed by atoms with E-state index < -0.39 is 0 Å². The minimum absolute atomic E-state index is 0.0280. The molecule has 1 amide bonds.